The number of nitrogens with zero attached hydrogens (tertiary/aromatic N) is 3. The van der Waals surface area contributed by atoms with Gasteiger partial charge in [0.05, 0.1) is 17.7 Å². The van der Waals surface area contributed by atoms with Crippen LogP contribution in [-0.2, 0) is 10.0 Å². The number of benzene rings is 3. The van der Waals surface area contributed by atoms with Gasteiger partial charge in [0.2, 0.25) is 0 Å². The number of rotatable bonds is 6. The smallest absolute Gasteiger partial charge is 0.263 e. The molecule has 0 aliphatic heterocycles. The molecule has 8 heteroatoms. The molecule has 0 unspecified atom stereocenters. The highest BCUT2D eigenvalue weighted by atomic mass is 32.2. The van der Waals surface area contributed by atoms with Crippen molar-refractivity contribution in [3.63, 3.8) is 0 Å². The first-order chi connectivity index (χ1) is 16.9. The van der Waals surface area contributed by atoms with E-state index in [1.54, 1.807) is 37.6 Å². The molecule has 3 aromatic carbocycles. The predicted octanol–water partition coefficient (Wildman–Crippen LogP) is 5.48. The maximum absolute atomic E-state index is 12.9. The van der Waals surface area contributed by atoms with Crippen molar-refractivity contribution in [3.8, 4) is 28.1 Å². The van der Waals surface area contributed by atoms with Crippen molar-refractivity contribution in [2.45, 2.75) is 11.8 Å². The predicted molar refractivity (Wildman–Crippen MR) is 137 cm³/mol. The molecule has 5 rings (SSSR count). The third kappa shape index (κ3) is 4.56. The van der Waals surface area contributed by atoms with Gasteiger partial charge in [-0.3, -0.25) is 9.71 Å². The monoisotopic (exact) mass is 482 g/mol. The molecular weight excluding hydrogens is 460 g/mol. The molecule has 0 atom stereocenters. The molecule has 2 heterocycles. The van der Waals surface area contributed by atoms with Gasteiger partial charge >= 0.3 is 0 Å². The summed E-state index contributed by atoms with van der Waals surface area (Å²) in [5.74, 6) is 0.888. The molecule has 0 amide bonds. The lowest BCUT2D eigenvalue weighted by Gasteiger charge is -2.13. The molecule has 0 radical (unpaired) electrons. The lowest BCUT2D eigenvalue weighted by molar-refractivity contribution is 0.416. The lowest BCUT2D eigenvalue weighted by atomic mass is 9.98. The molecule has 0 spiro atoms. The van der Waals surface area contributed by atoms with Crippen LogP contribution in [-0.4, -0.2) is 30.5 Å². The summed E-state index contributed by atoms with van der Waals surface area (Å²) in [6, 6.07) is 22.6. The van der Waals surface area contributed by atoms with Gasteiger partial charge in [-0.05, 0) is 59.8 Å². The molecule has 0 saturated carbocycles. The Balaban J connectivity index is 1.54. The molecule has 0 bridgehead atoms. The van der Waals surface area contributed by atoms with Gasteiger partial charge in [0, 0.05) is 23.3 Å². The normalized spacial score (nSPS) is 11.4. The van der Waals surface area contributed by atoms with Gasteiger partial charge < -0.3 is 4.74 Å². The van der Waals surface area contributed by atoms with Gasteiger partial charge in [-0.1, -0.05) is 42.0 Å². The van der Waals surface area contributed by atoms with E-state index >= 15 is 0 Å². The fraction of sp³-hybridized carbons (Fsp3) is 0.0741. The topological polar surface area (TPSA) is 94.1 Å². The first kappa shape index (κ1) is 22.5. The standard InChI is InChI=1S/C27H22N4O3S/c1-18-3-5-19(6-4-18)20-7-9-24(25(16-20)34-2)27-23-10-8-22(15-21(23)11-14-29-27)35(32,33)31-26-12-13-28-17-30-26/h3-17H,1-2H3,(H,28,30,31). The van der Waals surface area contributed by atoms with Crippen molar-refractivity contribution in [3.05, 3.63) is 97.1 Å². The lowest BCUT2D eigenvalue weighted by Crippen LogP contribution is -2.13. The Bertz CT molecular complexity index is 1620. The largest absolute Gasteiger partial charge is 0.496 e. The maximum atomic E-state index is 12.9. The first-order valence-electron chi connectivity index (χ1n) is 10.9. The number of aromatic nitrogens is 3. The van der Waals surface area contributed by atoms with E-state index in [0.29, 0.717) is 11.4 Å². The highest BCUT2D eigenvalue weighted by Gasteiger charge is 2.18. The van der Waals surface area contributed by atoms with E-state index in [9.17, 15) is 8.42 Å². The molecular formula is C27H22N4O3S. The number of hydrogen-bond donors (Lipinski definition) is 1. The van der Waals surface area contributed by atoms with Gasteiger partial charge in [-0.2, -0.15) is 0 Å². The highest BCUT2D eigenvalue weighted by Crippen LogP contribution is 2.37. The number of methoxy groups -OCH3 is 1. The van der Waals surface area contributed by atoms with Crippen LogP contribution in [0.3, 0.4) is 0 Å². The molecule has 0 saturated heterocycles. The zero-order chi connectivity index (χ0) is 24.4. The van der Waals surface area contributed by atoms with Gasteiger partial charge in [-0.15, -0.1) is 0 Å². The van der Waals surface area contributed by atoms with Crippen LogP contribution in [0, 0.1) is 6.92 Å². The summed E-state index contributed by atoms with van der Waals surface area (Å²) in [6.45, 7) is 2.06. The summed E-state index contributed by atoms with van der Waals surface area (Å²) in [5.41, 5.74) is 4.87. The van der Waals surface area contributed by atoms with Crippen LogP contribution >= 0.6 is 0 Å². The Hall–Kier alpha value is -4.30. The highest BCUT2D eigenvalue weighted by molar-refractivity contribution is 7.92. The van der Waals surface area contributed by atoms with Crippen molar-refractivity contribution < 1.29 is 13.2 Å². The van der Waals surface area contributed by atoms with E-state index in [0.717, 1.165) is 27.5 Å². The fourth-order valence-electron chi connectivity index (χ4n) is 3.90. The third-order valence-electron chi connectivity index (χ3n) is 5.71. The van der Waals surface area contributed by atoms with E-state index in [-0.39, 0.29) is 10.7 Å². The number of nitrogens with one attached hydrogen (secondary N) is 1. The average Bonchev–Trinajstić information content (AvgIpc) is 2.88. The zero-order valence-corrected chi connectivity index (χ0v) is 20.0. The average molecular weight is 483 g/mol. The van der Waals surface area contributed by atoms with Crippen LogP contribution in [0.25, 0.3) is 33.2 Å². The quantitative estimate of drug-likeness (QED) is 0.345. The molecule has 0 aliphatic carbocycles. The number of pyridine rings is 1. The van der Waals surface area contributed by atoms with Crippen LogP contribution in [0.5, 0.6) is 5.75 Å². The maximum Gasteiger partial charge on any atom is 0.263 e. The van der Waals surface area contributed by atoms with Crippen LogP contribution < -0.4 is 9.46 Å². The van der Waals surface area contributed by atoms with Crippen molar-refractivity contribution >= 4 is 26.6 Å². The molecule has 0 aliphatic rings. The third-order valence-corrected chi connectivity index (χ3v) is 7.06. The van der Waals surface area contributed by atoms with E-state index in [1.165, 1.54) is 24.2 Å². The Morgan fingerprint density at radius 1 is 0.829 bits per heavy atom. The molecule has 0 fully saturated rings. The fourth-order valence-corrected chi connectivity index (χ4v) is 4.94. The number of aryl methyl sites for hydroxylation is 1. The Morgan fingerprint density at radius 2 is 1.63 bits per heavy atom. The van der Waals surface area contributed by atoms with E-state index in [4.69, 9.17) is 4.74 Å². The van der Waals surface area contributed by atoms with Gasteiger partial charge in [0.1, 0.15) is 17.9 Å². The summed E-state index contributed by atoms with van der Waals surface area (Å²) >= 11 is 0. The molecule has 5 aromatic rings. The molecule has 2 aromatic heterocycles. The second kappa shape index (κ2) is 9.15. The second-order valence-electron chi connectivity index (χ2n) is 8.02. The Morgan fingerprint density at radius 3 is 2.37 bits per heavy atom. The number of ether oxygens (including phenoxy) is 1. The summed E-state index contributed by atoms with van der Waals surface area (Å²) in [7, 11) is -2.19. The first-order valence-corrected chi connectivity index (χ1v) is 12.4. The van der Waals surface area contributed by atoms with Gasteiger partial charge in [0.25, 0.3) is 10.0 Å². The summed E-state index contributed by atoms with van der Waals surface area (Å²) in [4.78, 5) is 12.5. The Kier molecular flexibility index (Phi) is 5.88. The SMILES string of the molecule is COc1cc(-c2ccc(C)cc2)ccc1-c1nccc2cc(S(=O)(=O)Nc3ccncn3)ccc12. The second-order valence-corrected chi connectivity index (χ2v) is 9.71. The number of fused-ring (bicyclic) bond motifs is 1. The minimum atomic E-state index is -3.82. The molecule has 35 heavy (non-hydrogen) atoms. The summed E-state index contributed by atoms with van der Waals surface area (Å²) < 4.78 is 34.0. The minimum Gasteiger partial charge on any atom is -0.496 e. The van der Waals surface area contributed by atoms with Gasteiger partial charge in [-0.25, -0.2) is 18.4 Å². The summed E-state index contributed by atoms with van der Waals surface area (Å²) in [5, 5.41) is 1.56. The zero-order valence-electron chi connectivity index (χ0n) is 19.1. The number of anilines is 1. The van der Waals surface area contributed by atoms with E-state index in [2.05, 4.69) is 50.9 Å². The molecule has 174 valence electrons. The minimum absolute atomic E-state index is 0.127. The van der Waals surface area contributed by atoms with Crippen LogP contribution in [0.4, 0.5) is 5.82 Å². The van der Waals surface area contributed by atoms with E-state index in [1.807, 2.05) is 18.2 Å². The van der Waals surface area contributed by atoms with Gasteiger partial charge in [0.15, 0.2) is 0 Å². The van der Waals surface area contributed by atoms with Crippen LogP contribution in [0.1, 0.15) is 5.56 Å². The van der Waals surface area contributed by atoms with Crippen molar-refractivity contribution in [1.82, 2.24) is 15.0 Å². The van der Waals surface area contributed by atoms with Crippen molar-refractivity contribution in [2.75, 3.05) is 11.8 Å². The van der Waals surface area contributed by atoms with Crippen LogP contribution in [0.2, 0.25) is 0 Å². The van der Waals surface area contributed by atoms with Crippen molar-refractivity contribution in [1.29, 1.82) is 0 Å². The van der Waals surface area contributed by atoms with E-state index < -0.39 is 10.0 Å². The molecule has 1 N–H and O–H groups in total. The van der Waals surface area contributed by atoms with Crippen LogP contribution in [0.15, 0.2) is 96.4 Å². The molecule has 7 nitrogen and oxygen atoms in total. The number of hydrogen-bond acceptors (Lipinski definition) is 6. The Labute approximate surface area is 203 Å². The summed E-state index contributed by atoms with van der Waals surface area (Å²) in [6.07, 6.45) is 4.42. The van der Waals surface area contributed by atoms with Crippen molar-refractivity contribution in [2.24, 2.45) is 0 Å². The number of sulfonamides is 1.